The second-order valence-electron chi connectivity index (χ2n) is 3.24. The molecule has 0 radical (unpaired) electrons. The van der Waals surface area contributed by atoms with Crippen LogP contribution in [-0.2, 0) is 0 Å². The summed E-state index contributed by atoms with van der Waals surface area (Å²) in [6.45, 7) is 1.79. The van der Waals surface area contributed by atoms with E-state index in [0.29, 0.717) is 5.82 Å². The number of aromatic nitrogens is 4. The molecular weight excluding hydrogens is 208 g/mol. The predicted octanol–water partition coefficient (Wildman–Crippen LogP) is -0.348. The van der Waals surface area contributed by atoms with Gasteiger partial charge < -0.3 is 11.5 Å². The molecule has 16 heavy (non-hydrogen) atoms. The van der Waals surface area contributed by atoms with Crippen molar-refractivity contribution in [1.29, 1.82) is 0 Å². The van der Waals surface area contributed by atoms with Crippen LogP contribution in [0.25, 0.3) is 5.82 Å². The van der Waals surface area contributed by atoms with Crippen molar-refractivity contribution in [2.45, 2.75) is 6.92 Å². The number of hydrogen-bond acceptors (Lipinski definition) is 5. The van der Waals surface area contributed by atoms with Crippen LogP contribution in [0, 0.1) is 6.92 Å². The van der Waals surface area contributed by atoms with Crippen molar-refractivity contribution < 1.29 is 4.79 Å². The zero-order valence-corrected chi connectivity index (χ0v) is 8.58. The SMILES string of the molecule is Cc1cc(-n2ccc(C(N)=O)n2)nc(N)n1. The molecule has 0 bridgehead atoms. The molecule has 7 nitrogen and oxygen atoms in total. The Morgan fingerprint density at radius 2 is 2.19 bits per heavy atom. The third-order valence-corrected chi connectivity index (χ3v) is 1.93. The van der Waals surface area contributed by atoms with Crippen LogP contribution in [0.2, 0.25) is 0 Å². The minimum Gasteiger partial charge on any atom is -0.368 e. The Kier molecular flexibility index (Phi) is 2.28. The molecule has 0 atom stereocenters. The lowest BCUT2D eigenvalue weighted by molar-refractivity contribution is 0.0995. The highest BCUT2D eigenvalue weighted by Crippen LogP contribution is 2.07. The van der Waals surface area contributed by atoms with Gasteiger partial charge in [0.15, 0.2) is 5.82 Å². The van der Waals surface area contributed by atoms with Gasteiger partial charge in [0.1, 0.15) is 5.69 Å². The first-order valence-electron chi connectivity index (χ1n) is 4.53. The van der Waals surface area contributed by atoms with Gasteiger partial charge in [-0.3, -0.25) is 4.79 Å². The molecule has 1 amide bonds. The number of nitrogens with zero attached hydrogens (tertiary/aromatic N) is 4. The number of hydrogen-bond donors (Lipinski definition) is 2. The molecule has 0 spiro atoms. The summed E-state index contributed by atoms with van der Waals surface area (Å²) >= 11 is 0. The van der Waals surface area contributed by atoms with Crippen LogP contribution >= 0.6 is 0 Å². The highest BCUT2D eigenvalue weighted by Gasteiger charge is 2.07. The maximum atomic E-state index is 10.9. The largest absolute Gasteiger partial charge is 0.368 e. The van der Waals surface area contributed by atoms with Crippen LogP contribution in [0.4, 0.5) is 5.95 Å². The summed E-state index contributed by atoms with van der Waals surface area (Å²) in [5.74, 6) is 0.0705. The molecule has 0 aliphatic rings. The van der Waals surface area contributed by atoms with E-state index >= 15 is 0 Å². The molecule has 7 heteroatoms. The molecule has 2 rings (SSSR count). The minimum absolute atomic E-state index is 0.158. The lowest BCUT2D eigenvalue weighted by atomic mass is 10.4. The van der Waals surface area contributed by atoms with E-state index in [1.54, 1.807) is 19.2 Å². The van der Waals surface area contributed by atoms with E-state index in [9.17, 15) is 4.79 Å². The van der Waals surface area contributed by atoms with Crippen molar-refractivity contribution >= 4 is 11.9 Å². The predicted molar refractivity (Wildman–Crippen MR) is 56.8 cm³/mol. The van der Waals surface area contributed by atoms with Crippen LogP contribution < -0.4 is 11.5 Å². The topological polar surface area (TPSA) is 113 Å². The van der Waals surface area contributed by atoms with E-state index in [4.69, 9.17) is 11.5 Å². The average Bonchev–Trinajstić information content (AvgIpc) is 2.64. The van der Waals surface area contributed by atoms with Crippen LogP contribution in [0.1, 0.15) is 16.2 Å². The Morgan fingerprint density at radius 3 is 2.75 bits per heavy atom. The number of amides is 1. The number of primary amides is 1. The number of anilines is 1. The molecule has 0 saturated heterocycles. The van der Waals surface area contributed by atoms with Gasteiger partial charge in [0.2, 0.25) is 5.95 Å². The van der Waals surface area contributed by atoms with Crippen molar-refractivity contribution in [2.75, 3.05) is 5.73 Å². The summed E-state index contributed by atoms with van der Waals surface area (Å²) in [6, 6.07) is 3.21. The second kappa shape index (κ2) is 3.61. The first kappa shape index (κ1) is 10.1. The second-order valence-corrected chi connectivity index (χ2v) is 3.24. The fraction of sp³-hybridized carbons (Fsp3) is 0.111. The summed E-state index contributed by atoms with van der Waals surface area (Å²) in [5, 5.41) is 3.96. The Hall–Kier alpha value is -2.44. The van der Waals surface area contributed by atoms with E-state index in [0.717, 1.165) is 5.69 Å². The van der Waals surface area contributed by atoms with Gasteiger partial charge >= 0.3 is 0 Å². The fourth-order valence-corrected chi connectivity index (χ4v) is 1.27. The summed E-state index contributed by atoms with van der Waals surface area (Å²) in [6.07, 6.45) is 1.58. The third kappa shape index (κ3) is 1.83. The van der Waals surface area contributed by atoms with Crippen molar-refractivity contribution in [3.8, 4) is 5.82 Å². The van der Waals surface area contributed by atoms with Crippen molar-refractivity contribution in [2.24, 2.45) is 5.73 Å². The van der Waals surface area contributed by atoms with Crippen LogP contribution in [-0.4, -0.2) is 25.7 Å². The zero-order chi connectivity index (χ0) is 11.7. The molecule has 82 valence electrons. The van der Waals surface area contributed by atoms with E-state index in [2.05, 4.69) is 15.1 Å². The monoisotopic (exact) mass is 218 g/mol. The van der Waals surface area contributed by atoms with Gasteiger partial charge in [0, 0.05) is 18.0 Å². The molecule has 0 fully saturated rings. The lowest BCUT2D eigenvalue weighted by Crippen LogP contribution is -2.12. The van der Waals surface area contributed by atoms with Crippen molar-refractivity contribution in [1.82, 2.24) is 19.7 Å². The Bertz CT molecular complexity index is 526. The summed E-state index contributed by atoms with van der Waals surface area (Å²) in [5.41, 5.74) is 11.5. The van der Waals surface area contributed by atoms with Gasteiger partial charge in [0.05, 0.1) is 0 Å². The van der Waals surface area contributed by atoms with Crippen LogP contribution in [0.15, 0.2) is 18.3 Å². The molecule has 4 N–H and O–H groups in total. The molecule has 2 aromatic heterocycles. The zero-order valence-electron chi connectivity index (χ0n) is 8.58. The quantitative estimate of drug-likeness (QED) is 0.715. The summed E-state index contributed by atoms with van der Waals surface area (Å²) in [4.78, 5) is 18.8. The molecule has 2 aromatic rings. The minimum atomic E-state index is -0.586. The maximum Gasteiger partial charge on any atom is 0.269 e. The lowest BCUT2D eigenvalue weighted by Gasteiger charge is -2.02. The fourth-order valence-electron chi connectivity index (χ4n) is 1.27. The van der Waals surface area contributed by atoms with Gasteiger partial charge in [0.25, 0.3) is 5.91 Å². The van der Waals surface area contributed by atoms with Crippen LogP contribution in [0.3, 0.4) is 0 Å². The molecule has 2 heterocycles. The Balaban J connectivity index is 2.46. The van der Waals surface area contributed by atoms with Gasteiger partial charge in [-0.15, -0.1) is 0 Å². The highest BCUT2D eigenvalue weighted by molar-refractivity contribution is 5.90. The molecule has 0 aliphatic carbocycles. The van der Waals surface area contributed by atoms with Crippen LogP contribution in [0.5, 0.6) is 0 Å². The molecular formula is C9H10N6O. The number of nitrogens with two attached hydrogens (primary N) is 2. The molecule has 0 unspecified atom stereocenters. The van der Waals surface area contributed by atoms with Gasteiger partial charge in [-0.2, -0.15) is 10.1 Å². The Morgan fingerprint density at radius 1 is 1.44 bits per heavy atom. The normalized spacial score (nSPS) is 10.3. The number of aryl methyl sites for hydroxylation is 1. The number of carbonyl (C=O) groups excluding carboxylic acids is 1. The van der Waals surface area contributed by atoms with Gasteiger partial charge in [-0.25, -0.2) is 9.67 Å². The van der Waals surface area contributed by atoms with E-state index < -0.39 is 5.91 Å². The maximum absolute atomic E-state index is 10.9. The molecule has 0 aromatic carbocycles. The highest BCUT2D eigenvalue weighted by atomic mass is 16.1. The first-order valence-corrected chi connectivity index (χ1v) is 4.53. The van der Waals surface area contributed by atoms with Crippen molar-refractivity contribution in [3.05, 3.63) is 29.7 Å². The molecule has 0 saturated carbocycles. The number of rotatable bonds is 2. The van der Waals surface area contributed by atoms with E-state index in [1.807, 2.05) is 0 Å². The number of carbonyl (C=O) groups is 1. The number of nitrogen functional groups attached to an aromatic ring is 1. The van der Waals surface area contributed by atoms with E-state index in [-0.39, 0.29) is 11.6 Å². The standard InChI is InChI=1S/C9H10N6O/c1-5-4-7(13-9(11)12-5)15-3-2-6(14-15)8(10)16/h2-4H,1H3,(H2,10,16)(H2,11,12,13). The van der Waals surface area contributed by atoms with Gasteiger partial charge in [-0.1, -0.05) is 0 Å². The van der Waals surface area contributed by atoms with Crippen molar-refractivity contribution in [3.63, 3.8) is 0 Å². The average molecular weight is 218 g/mol. The summed E-state index contributed by atoms with van der Waals surface area (Å²) in [7, 11) is 0. The van der Waals surface area contributed by atoms with Gasteiger partial charge in [-0.05, 0) is 13.0 Å². The third-order valence-electron chi connectivity index (χ3n) is 1.93. The summed E-state index contributed by atoms with van der Waals surface area (Å²) < 4.78 is 1.42. The Labute approximate surface area is 91.1 Å². The first-order chi connectivity index (χ1) is 7.56. The van der Waals surface area contributed by atoms with E-state index in [1.165, 1.54) is 10.7 Å². The smallest absolute Gasteiger partial charge is 0.269 e. The molecule has 0 aliphatic heterocycles.